The van der Waals surface area contributed by atoms with E-state index in [9.17, 15) is 0 Å². The van der Waals surface area contributed by atoms with Crippen LogP contribution in [0.4, 0.5) is 0 Å². The van der Waals surface area contributed by atoms with Crippen molar-refractivity contribution in [1.29, 1.82) is 0 Å². The number of rotatable bonds is 1. The fourth-order valence-electron chi connectivity index (χ4n) is 2.60. The summed E-state index contributed by atoms with van der Waals surface area (Å²) in [7, 11) is 0. The van der Waals surface area contributed by atoms with Gasteiger partial charge in [0.1, 0.15) is 4.32 Å². The molecule has 0 N–H and O–H groups in total. The second kappa shape index (κ2) is 4.32. The van der Waals surface area contributed by atoms with Crippen molar-refractivity contribution in [2.24, 2.45) is 0 Å². The van der Waals surface area contributed by atoms with Gasteiger partial charge in [-0.3, -0.25) is 0 Å². The summed E-state index contributed by atoms with van der Waals surface area (Å²) in [5, 5.41) is 0. The zero-order valence-electron chi connectivity index (χ0n) is 18.3. The smallest absolute Gasteiger partial charge is 0.0695 e. The fourth-order valence-corrected chi connectivity index (χ4v) is 3.46. The third kappa shape index (κ3) is 1.47. The molecule has 96 valence electrons. The first kappa shape index (κ1) is 6.28. The first-order chi connectivity index (χ1) is 13.1. The van der Waals surface area contributed by atoms with Crippen molar-refractivity contribution in [3.63, 3.8) is 0 Å². The van der Waals surface area contributed by atoms with Crippen LogP contribution in [-0.2, 0) is 4.32 Å². The predicted octanol–water partition coefficient (Wildman–Crippen LogP) is 5.35. The van der Waals surface area contributed by atoms with Crippen molar-refractivity contribution >= 4 is 15.9 Å². The average molecular weight is 329 g/mol. The quantitative estimate of drug-likeness (QED) is 0.528. The summed E-state index contributed by atoms with van der Waals surface area (Å²) in [6.45, 7) is 0. The van der Waals surface area contributed by atoms with E-state index in [2.05, 4.69) is 15.9 Å². The Hall–Kier alpha value is -1.86. The number of halogens is 1. The Morgan fingerprint density at radius 2 is 1.25 bits per heavy atom. The van der Waals surface area contributed by atoms with Gasteiger partial charge in [0.15, 0.2) is 0 Å². The summed E-state index contributed by atoms with van der Waals surface area (Å²) in [5.74, 6) is 0. The van der Waals surface area contributed by atoms with Crippen molar-refractivity contribution in [2.75, 3.05) is 0 Å². The van der Waals surface area contributed by atoms with E-state index in [4.69, 9.17) is 11.0 Å². The predicted molar refractivity (Wildman–Crippen MR) is 87.1 cm³/mol. The minimum atomic E-state index is -1.33. The number of alkyl halides is 1. The molecule has 4 rings (SSSR count). The molecule has 0 nitrogen and oxygen atoms in total. The summed E-state index contributed by atoms with van der Waals surface area (Å²) < 4.78 is 64.8. The molecule has 1 aliphatic rings. The van der Waals surface area contributed by atoms with E-state index < -0.39 is 28.5 Å². The second-order valence-electron chi connectivity index (χ2n) is 4.52. The first-order valence-electron chi connectivity index (χ1n) is 10.1. The molecule has 0 atom stereocenters. The minimum absolute atomic E-state index is 0.105. The lowest BCUT2D eigenvalue weighted by atomic mass is 9.89. The molecule has 0 bridgehead atoms. The Labute approximate surface area is 138 Å². The van der Waals surface area contributed by atoms with E-state index in [0.717, 1.165) is 0 Å². The van der Waals surface area contributed by atoms with Crippen LogP contribution < -0.4 is 0 Å². The Bertz CT molecular complexity index is 1090. The third-order valence-electron chi connectivity index (χ3n) is 3.49. The Morgan fingerprint density at radius 3 is 1.80 bits per heavy atom. The number of fused-ring (bicyclic) bond motifs is 3. The molecular weight excluding hydrogens is 308 g/mol. The molecule has 0 aromatic heterocycles. The van der Waals surface area contributed by atoms with Crippen LogP contribution in [0.2, 0.25) is 0 Å². The molecule has 20 heavy (non-hydrogen) atoms. The Balaban J connectivity index is 2.32. The molecule has 0 saturated carbocycles. The highest BCUT2D eigenvalue weighted by Crippen LogP contribution is 2.55. The summed E-state index contributed by atoms with van der Waals surface area (Å²) in [6, 6.07) is 5.98. The summed E-state index contributed by atoms with van der Waals surface area (Å²) in [4.78, 5) is 0. The maximum absolute atomic E-state index is 8.51. The van der Waals surface area contributed by atoms with Gasteiger partial charge in [-0.2, -0.15) is 0 Å². The summed E-state index contributed by atoms with van der Waals surface area (Å²) in [5.41, 5.74) is 1.23. The molecular formula is C19H13Br. The lowest BCUT2D eigenvalue weighted by Crippen LogP contribution is -2.18. The highest BCUT2D eigenvalue weighted by atomic mass is 79.9. The number of hydrogen-bond donors (Lipinski definition) is 0. The van der Waals surface area contributed by atoms with Crippen LogP contribution >= 0.6 is 15.9 Å². The van der Waals surface area contributed by atoms with Gasteiger partial charge < -0.3 is 0 Å². The van der Waals surface area contributed by atoms with Crippen molar-refractivity contribution < 1.29 is 11.0 Å². The van der Waals surface area contributed by atoms with E-state index in [-0.39, 0.29) is 46.4 Å². The van der Waals surface area contributed by atoms with E-state index in [1.807, 2.05) is 0 Å². The van der Waals surface area contributed by atoms with Crippen molar-refractivity contribution in [3.8, 4) is 11.1 Å². The van der Waals surface area contributed by atoms with E-state index in [1.54, 1.807) is 30.3 Å². The van der Waals surface area contributed by atoms with Gasteiger partial charge >= 0.3 is 0 Å². The van der Waals surface area contributed by atoms with Gasteiger partial charge in [0, 0.05) is 0 Å². The van der Waals surface area contributed by atoms with E-state index >= 15 is 0 Å². The highest BCUT2D eigenvalue weighted by molar-refractivity contribution is 9.10. The van der Waals surface area contributed by atoms with Crippen LogP contribution in [0.5, 0.6) is 0 Å². The molecule has 0 aliphatic heterocycles. The van der Waals surface area contributed by atoms with Crippen LogP contribution in [0.25, 0.3) is 11.1 Å². The molecule has 3 aromatic rings. The molecule has 1 aliphatic carbocycles. The molecule has 1 heteroatoms. The SMILES string of the molecule is [2H]c1c([2H])c([2H])c2c(c1[2H])-c1c([2H])c([2H])c([2H])c([2H])c1C2(Br)c1ccccc1. The van der Waals surface area contributed by atoms with Gasteiger partial charge in [-0.1, -0.05) is 94.6 Å². The van der Waals surface area contributed by atoms with E-state index in [1.165, 1.54) is 0 Å². The summed E-state index contributed by atoms with van der Waals surface area (Å²) >= 11 is 3.64. The van der Waals surface area contributed by atoms with Gasteiger partial charge in [-0.25, -0.2) is 0 Å². The van der Waals surface area contributed by atoms with Crippen LogP contribution in [-0.4, -0.2) is 0 Å². The molecule has 0 fully saturated rings. The number of benzene rings is 3. The zero-order valence-corrected chi connectivity index (χ0v) is 11.9. The molecule has 0 saturated heterocycles. The maximum atomic E-state index is 8.51. The fraction of sp³-hybridized carbons (Fsp3) is 0.0526. The van der Waals surface area contributed by atoms with Gasteiger partial charge in [0.05, 0.1) is 11.0 Å². The normalized spacial score (nSPS) is 20.2. The Morgan fingerprint density at radius 1 is 0.750 bits per heavy atom. The molecule has 0 amide bonds. The molecule has 0 unspecified atom stereocenters. The highest BCUT2D eigenvalue weighted by Gasteiger charge is 2.41. The monoisotopic (exact) mass is 328 g/mol. The molecule has 0 heterocycles. The van der Waals surface area contributed by atoms with Gasteiger partial charge in [-0.15, -0.1) is 0 Å². The minimum Gasteiger partial charge on any atom is -0.0695 e. The van der Waals surface area contributed by atoms with Crippen LogP contribution in [0, 0.1) is 0 Å². The van der Waals surface area contributed by atoms with Gasteiger partial charge in [0.25, 0.3) is 0 Å². The van der Waals surface area contributed by atoms with Gasteiger partial charge in [0.2, 0.25) is 0 Å². The lowest BCUT2D eigenvalue weighted by molar-refractivity contribution is 0.951. The lowest BCUT2D eigenvalue weighted by Gasteiger charge is -2.25. The number of hydrogen-bond acceptors (Lipinski definition) is 0. The Kier molecular flexibility index (Phi) is 1.36. The molecule has 0 spiro atoms. The third-order valence-corrected chi connectivity index (χ3v) is 4.74. The zero-order chi connectivity index (χ0) is 20.5. The molecule has 0 radical (unpaired) electrons. The standard InChI is InChI=1S/C19H13Br/c20-19(14-8-2-1-3-9-14)17-12-6-4-10-15(17)16-11-5-7-13-18(16)19/h1-13H/i4D,5D,6D,7D,10D,11D,12D,13D. The van der Waals surface area contributed by atoms with Crippen molar-refractivity contribution in [1.82, 2.24) is 0 Å². The largest absolute Gasteiger partial charge is 0.102 e. The molecule has 3 aromatic carbocycles. The second-order valence-corrected chi connectivity index (χ2v) is 5.71. The average Bonchev–Trinajstić information content (AvgIpc) is 2.98. The maximum Gasteiger partial charge on any atom is 0.102 e. The summed E-state index contributed by atoms with van der Waals surface area (Å²) in [6.07, 6.45) is 0. The first-order valence-corrected chi connectivity index (χ1v) is 6.89. The van der Waals surface area contributed by atoms with E-state index in [0.29, 0.717) is 5.56 Å². The van der Waals surface area contributed by atoms with Crippen LogP contribution in [0.1, 0.15) is 27.7 Å². The van der Waals surface area contributed by atoms with Crippen molar-refractivity contribution in [2.45, 2.75) is 4.32 Å². The van der Waals surface area contributed by atoms with Gasteiger partial charge in [-0.05, 0) is 27.8 Å². The van der Waals surface area contributed by atoms with Crippen LogP contribution in [0.3, 0.4) is 0 Å². The van der Waals surface area contributed by atoms with Crippen LogP contribution in [0.15, 0.2) is 78.7 Å². The van der Waals surface area contributed by atoms with Crippen molar-refractivity contribution in [3.05, 3.63) is 95.4 Å². The topological polar surface area (TPSA) is 0 Å².